The van der Waals surface area contributed by atoms with Crippen molar-refractivity contribution in [2.24, 2.45) is 0 Å². The molecule has 148 valence electrons. The Labute approximate surface area is 180 Å². The van der Waals surface area contributed by atoms with Crippen molar-refractivity contribution in [2.45, 2.75) is 23.6 Å². The van der Waals surface area contributed by atoms with E-state index < -0.39 is 0 Å². The third kappa shape index (κ3) is 3.96. The van der Waals surface area contributed by atoms with Crippen LogP contribution in [-0.4, -0.2) is 20.2 Å². The Hall–Kier alpha value is -3.10. The Morgan fingerprint density at radius 3 is 2.73 bits per heavy atom. The maximum Gasteiger partial charge on any atom is 0.283 e. The molecule has 8 heteroatoms. The van der Waals surface area contributed by atoms with Gasteiger partial charge in [-0.25, -0.2) is 14.4 Å². The standard InChI is InChI=1S/C22H15FN4OS2/c1-13-3-2-4-14(9-13)10-19-26-27-22(28-19)30-21-20-17(24-12-25-21)11-18(29-20)15-5-7-16(23)8-6-15/h2-9,11-12H,10H2,1H3. The third-order valence-corrected chi connectivity index (χ3v) is 6.63. The highest BCUT2D eigenvalue weighted by Gasteiger charge is 2.15. The maximum absolute atomic E-state index is 13.2. The SMILES string of the molecule is Cc1cccc(Cc2nnc(Sc3ncnc4cc(-c5ccc(F)cc5)sc34)o2)c1. The van der Waals surface area contributed by atoms with Crippen LogP contribution in [0.15, 0.2) is 75.6 Å². The minimum absolute atomic E-state index is 0.256. The maximum atomic E-state index is 13.2. The molecule has 2 aromatic carbocycles. The molecular weight excluding hydrogens is 419 g/mol. The van der Waals surface area contributed by atoms with E-state index in [1.807, 2.05) is 18.2 Å². The molecule has 5 aromatic rings. The zero-order valence-electron chi connectivity index (χ0n) is 15.9. The summed E-state index contributed by atoms with van der Waals surface area (Å²) >= 11 is 2.88. The van der Waals surface area contributed by atoms with Gasteiger partial charge in [0.25, 0.3) is 5.22 Å². The first kappa shape index (κ1) is 18.9. The average molecular weight is 435 g/mol. The summed E-state index contributed by atoms with van der Waals surface area (Å²) in [5.74, 6) is 0.306. The molecule has 0 saturated carbocycles. The second-order valence-corrected chi connectivity index (χ2v) is 8.73. The van der Waals surface area contributed by atoms with E-state index in [4.69, 9.17) is 4.42 Å². The zero-order valence-corrected chi connectivity index (χ0v) is 17.5. The normalized spacial score (nSPS) is 11.3. The largest absolute Gasteiger partial charge is 0.415 e. The Bertz CT molecular complexity index is 1330. The van der Waals surface area contributed by atoms with Gasteiger partial charge in [-0.1, -0.05) is 42.0 Å². The number of thiophene rings is 1. The van der Waals surface area contributed by atoms with Gasteiger partial charge in [0, 0.05) is 4.88 Å². The molecule has 0 aliphatic heterocycles. The lowest BCUT2D eigenvalue weighted by molar-refractivity contribution is 0.420. The fourth-order valence-corrected chi connectivity index (χ4v) is 5.02. The van der Waals surface area contributed by atoms with E-state index >= 15 is 0 Å². The molecule has 0 bridgehead atoms. The van der Waals surface area contributed by atoms with Crippen LogP contribution >= 0.6 is 23.1 Å². The molecule has 5 rings (SSSR count). The van der Waals surface area contributed by atoms with Crippen molar-refractivity contribution in [1.82, 2.24) is 20.2 Å². The number of aromatic nitrogens is 4. The molecule has 0 atom stereocenters. The number of fused-ring (bicyclic) bond motifs is 1. The highest BCUT2D eigenvalue weighted by atomic mass is 32.2. The first-order valence-corrected chi connectivity index (χ1v) is 10.8. The van der Waals surface area contributed by atoms with E-state index in [-0.39, 0.29) is 5.82 Å². The fourth-order valence-electron chi connectivity index (χ4n) is 3.09. The van der Waals surface area contributed by atoms with Gasteiger partial charge in [-0.2, -0.15) is 0 Å². The number of hydrogen-bond donors (Lipinski definition) is 0. The van der Waals surface area contributed by atoms with Crippen LogP contribution in [0.2, 0.25) is 0 Å². The van der Waals surface area contributed by atoms with Crippen molar-refractivity contribution in [3.05, 3.63) is 83.8 Å². The van der Waals surface area contributed by atoms with E-state index in [1.54, 1.807) is 23.5 Å². The van der Waals surface area contributed by atoms with Crippen LogP contribution in [-0.2, 0) is 6.42 Å². The van der Waals surface area contributed by atoms with Crippen LogP contribution in [0.4, 0.5) is 4.39 Å². The molecule has 30 heavy (non-hydrogen) atoms. The third-order valence-electron chi connectivity index (χ3n) is 4.48. The molecule has 0 amide bonds. The lowest BCUT2D eigenvalue weighted by Gasteiger charge is -1.99. The van der Waals surface area contributed by atoms with E-state index in [9.17, 15) is 4.39 Å². The first-order chi connectivity index (χ1) is 14.6. The lowest BCUT2D eigenvalue weighted by Crippen LogP contribution is -1.88. The molecule has 3 heterocycles. The molecule has 0 saturated heterocycles. The number of nitrogens with zero attached hydrogens (tertiary/aromatic N) is 4. The van der Waals surface area contributed by atoms with Crippen LogP contribution in [0.3, 0.4) is 0 Å². The minimum Gasteiger partial charge on any atom is -0.415 e. The molecule has 5 nitrogen and oxygen atoms in total. The monoisotopic (exact) mass is 434 g/mol. The predicted molar refractivity (Wildman–Crippen MR) is 115 cm³/mol. The van der Waals surface area contributed by atoms with Crippen LogP contribution in [0.25, 0.3) is 20.7 Å². The highest BCUT2D eigenvalue weighted by Crippen LogP contribution is 2.38. The Balaban J connectivity index is 1.40. The summed E-state index contributed by atoms with van der Waals surface area (Å²) in [5.41, 5.74) is 4.09. The number of halogens is 1. The zero-order chi connectivity index (χ0) is 20.5. The molecule has 0 N–H and O–H groups in total. The minimum atomic E-state index is -0.256. The van der Waals surface area contributed by atoms with Gasteiger partial charge in [0.2, 0.25) is 5.89 Å². The van der Waals surface area contributed by atoms with Crippen molar-refractivity contribution in [1.29, 1.82) is 0 Å². The van der Waals surface area contributed by atoms with E-state index in [0.29, 0.717) is 17.5 Å². The van der Waals surface area contributed by atoms with Crippen molar-refractivity contribution in [3.63, 3.8) is 0 Å². The summed E-state index contributed by atoms with van der Waals surface area (Å²) in [4.78, 5) is 9.76. The van der Waals surface area contributed by atoms with Gasteiger partial charge in [0.05, 0.1) is 16.6 Å². The highest BCUT2D eigenvalue weighted by molar-refractivity contribution is 7.99. The average Bonchev–Trinajstić information content (AvgIpc) is 3.36. The smallest absolute Gasteiger partial charge is 0.283 e. The Morgan fingerprint density at radius 2 is 1.90 bits per heavy atom. The summed E-state index contributed by atoms with van der Waals surface area (Å²) < 4.78 is 20.0. The van der Waals surface area contributed by atoms with Crippen LogP contribution < -0.4 is 0 Å². The van der Waals surface area contributed by atoms with Crippen LogP contribution in [0.5, 0.6) is 0 Å². The van der Waals surface area contributed by atoms with Crippen molar-refractivity contribution >= 4 is 33.3 Å². The predicted octanol–water partition coefficient (Wildman–Crippen LogP) is 5.93. The van der Waals surface area contributed by atoms with Crippen molar-refractivity contribution in [3.8, 4) is 10.4 Å². The molecule has 0 aliphatic rings. The van der Waals surface area contributed by atoms with Gasteiger partial charge >= 0.3 is 0 Å². The van der Waals surface area contributed by atoms with Gasteiger partial charge in [-0.05, 0) is 48.0 Å². The molecule has 0 spiro atoms. The van der Waals surface area contributed by atoms with E-state index in [2.05, 4.69) is 39.2 Å². The molecule has 0 fully saturated rings. The second kappa shape index (κ2) is 7.97. The number of hydrogen-bond acceptors (Lipinski definition) is 7. The summed E-state index contributed by atoms with van der Waals surface area (Å²) in [6, 6.07) is 16.6. The summed E-state index contributed by atoms with van der Waals surface area (Å²) in [6.45, 7) is 2.06. The van der Waals surface area contributed by atoms with Crippen LogP contribution in [0.1, 0.15) is 17.0 Å². The number of benzene rings is 2. The quantitative estimate of drug-likeness (QED) is 0.319. The lowest BCUT2D eigenvalue weighted by atomic mass is 10.1. The summed E-state index contributed by atoms with van der Waals surface area (Å²) in [5, 5.41) is 9.52. The Morgan fingerprint density at radius 1 is 1.03 bits per heavy atom. The van der Waals surface area contributed by atoms with Crippen molar-refractivity contribution in [2.75, 3.05) is 0 Å². The first-order valence-electron chi connectivity index (χ1n) is 9.20. The molecule has 0 unspecified atom stereocenters. The van der Waals surface area contributed by atoms with Gasteiger partial charge in [-0.3, -0.25) is 0 Å². The second-order valence-electron chi connectivity index (χ2n) is 6.74. The van der Waals surface area contributed by atoms with Gasteiger partial charge in [-0.15, -0.1) is 21.5 Å². The summed E-state index contributed by atoms with van der Waals surface area (Å²) in [6.07, 6.45) is 2.11. The van der Waals surface area contributed by atoms with E-state index in [1.165, 1.54) is 35.8 Å². The molecule has 0 radical (unpaired) electrons. The summed E-state index contributed by atoms with van der Waals surface area (Å²) in [7, 11) is 0. The van der Waals surface area contributed by atoms with Gasteiger partial charge in [0.1, 0.15) is 17.2 Å². The van der Waals surface area contributed by atoms with Gasteiger partial charge in [0.15, 0.2) is 0 Å². The van der Waals surface area contributed by atoms with Crippen molar-refractivity contribution < 1.29 is 8.81 Å². The van der Waals surface area contributed by atoms with Crippen LogP contribution in [0, 0.1) is 12.7 Å². The molecular formula is C22H15FN4OS2. The number of aryl methyl sites for hydroxylation is 1. The molecule has 0 aliphatic carbocycles. The van der Waals surface area contributed by atoms with Gasteiger partial charge < -0.3 is 4.42 Å². The fraction of sp³-hybridized carbons (Fsp3) is 0.0909. The number of rotatable bonds is 5. The topological polar surface area (TPSA) is 64.7 Å². The molecule has 3 aromatic heterocycles. The van der Waals surface area contributed by atoms with E-state index in [0.717, 1.165) is 31.2 Å². The Kier molecular flexibility index (Phi) is 5.02.